The summed E-state index contributed by atoms with van der Waals surface area (Å²) in [7, 11) is 0. The molecule has 10 nitrogen and oxygen atoms in total. The molecule has 190 valence electrons. The van der Waals surface area contributed by atoms with Gasteiger partial charge >= 0.3 is 6.03 Å². The number of urea groups is 1. The molecule has 11 heteroatoms. The summed E-state index contributed by atoms with van der Waals surface area (Å²) in [4.78, 5) is 54.8. The van der Waals surface area contributed by atoms with Crippen LogP contribution in [0.2, 0.25) is 5.02 Å². The lowest BCUT2D eigenvalue weighted by Gasteiger charge is -2.48. The molecule has 1 aromatic rings. The van der Waals surface area contributed by atoms with E-state index in [0.29, 0.717) is 11.6 Å². The van der Waals surface area contributed by atoms with Crippen molar-refractivity contribution in [2.45, 2.75) is 70.9 Å². The predicted molar refractivity (Wildman–Crippen MR) is 130 cm³/mol. The van der Waals surface area contributed by atoms with Crippen molar-refractivity contribution in [2.24, 2.45) is 5.92 Å². The number of halogens is 1. The molecule has 5 amide bonds. The third kappa shape index (κ3) is 5.70. The Morgan fingerprint density at radius 1 is 1.11 bits per heavy atom. The highest BCUT2D eigenvalue weighted by Crippen LogP contribution is 2.38. The molecule has 3 atom stereocenters. The summed E-state index contributed by atoms with van der Waals surface area (Å²) in [6.07, 6.45) is 2.79. The molecule has 3 N–H and O–H groups in total. The lowest BCUT2D eigenvalue weighted by Crippen LogP contribution is -2.66. The van der Waals surface area contributed by atoms with Crippen LogP contribution in [0.3, 0.4) is 0 Å². The van der Waals surface area contributed by atoms with E-state index in [1.54, 1.807) is 21.9 Å². The highest BCUT2D eigenvalue weighted by Gasteiger charge is 2.54. The van der Waals surface area contributed by atoms with E-state index in [1.165, 1.54) is 5.01 Å². The summed E-state index contributed by atoms with van der Waals surface area (Å²) in [6, 6.07) is 6.63. The van der Waals surface area contributed by atoms with E-state index in [0.717, 1.165) is 31.2 Å². The smallest absolute Gasteiger partial charge is 0.337 e. The van der Waals surface area contributed by atoms with Gasteiger partial charge in [0.2, 0.25) is 17.7 Å². The Balaban J connectivity index is 1.43. The molecule has 1 aliphatic carbocycles. The van der Waals surface area contributed by atoms with Gasteiger partial charge in [0, 0.05) is 36.6 Å². The Bertz CT molecular complexity index is 971. The number of carbonyl (C=O) groups excluding carboxylic acids is 4. The number of benzene rings is 1. The van der Waals surface area contributed by atoms with Gasteiger partial charge in [-0.25, -0.2) is 9.80 Å². The number of amides is 5. The van der Waals surface area contributed by atoms with Crippen LogP contribution in [0.15, 0.2) is 24.3 Å². The molecular weight excluding hydrogens is 472 g/mol. The summed E-state index contributed by atoms with van der Waals surface area (Å²) in [5.74, 6) is -0.789. The van der Waals surface area contributed by atoms with Crippen molar-refractivity contribution in [3.8, 4) is 0 Å². The van der Waals surface area contributed by atoms with E-state index < -0.39 is 6.29 Å². The Hall–Kier alpha value is -2.85. The molecule has 3 aliphatic rings. The van der Waals surface area contributed by atoms with Crippen LogP contribution in [0, 0.1) is 5.92 Å². The fraction of sp³-hybridized carbons (Fsp3) is 0.583. The SMILES string of the molecule is CC(C)NC(=O)CCN1C(=O)C2CCCCC2N2C(=O)N(CC(=O)NCc3ccc(Cl)cc3)NC12. The zero-order chi connectivity index (χ0) is 25.1. The van der Waals surface area contributed by atoms with Gasteiger partial charge in [-0.1, -0.05) is 36.6 Å². The molecule has 1 saturated carbocycles. The molecule has 0 aromatic heterocycles. The number of nitrogens with zero attached hydrogens (tertiary/aromatic N) is 3. The number of hydrogen-bond donors (Lipinski definition) is 3. The lowest BCUT2D eigenvalue weighted by molar-refractivity contribution is -0.156. The Morgan fingerprint density at radius 2 is 1.83 bits per heavy atom. The number of nitrogens with one attached hydrogen (secondary N) is 3. The first-order valence-electron chi connectivity index (χ1n) is 12.2. The highest BCUT2D eigenvalue weighted by atomic mass is 35.5. The van der Waals surface area contributed by atoms with Crippen molar-refractivity contribution in [3.05, 3.63) is 34.9 Å². The van der Waals surface area contributed by atoms with Crippen molar-refractivity contribution >= 4 is 35.4 Å². The van der Waals surface area contributed by atoms with Crippen molar-refractivity contribution in [1.82, 2.24) is 30.9 Å². The Kier molecular flexibility index (Phi) is 7.81. The number of hydrogen-bond acceptors (Lipinski definition) is 5. The number of carbonyl (C=O) groups is 4. The molecule has 1 aromatic carbocycles. The molecule has 0 bridgehead atoms. The summed E-state index contributed by atoms with van der Waals surface area (Å²) in [5, 5.41) is 7.54. The Labute approximate surface area is 210 Å². The van der Waals surface area contributed by atoms with Gasteiger partial charge in [0.1, 0.15) is 6.54 Å². The van der Waals surface area contributed by atoms with Gasteiger partial charge in [-0.15, -0.1) is 0 Å². The Morgan fingerprint density at radius 3 is 2.54 bits per heavy atom. The van der Waals surface area contributed by atoms with Gasteiger partial charge in [-0.05, 0) is 44.4 Å². The molecule has 2 saturated heterocycles. The lowest BCUT2D eigenvalue weighted by atomic mass is 9.81. The van der Waals surface area contributed by atoms with Crippen LogP contribution in [0.1, 0.15) is 51.5 Å². The topological polar surface area (TPSA) is 114 Å². The second-order valence-electron chi connectivity index (χ2n) is 9.64. The second kappa shape index (κ2) is 10.8. The zero-order valence-corrected chi connectivity index (χ0v) is 20.9. The summed E-state index contributed by atoms with van der Waals surface area (Å²) >= 11 is 5.90. The normalized spacial score (nSPS) is 23.9. The average Bonchev–Trinajstić information content (AvgIpc) is 3.14. The molecule has 2 heterocycles. The maximum Gasteiger partial charge on any atom is 0.337 e. The van der Waals surface area contributed by atoms with E-state index in [4.69, 9.17) is 11.6 Å². The van der Waals surface area contributed by atoms with Gasteiger partial charge in [0.05, 0.1) is 5.92 Å². The average molecular weight is 505 g/mol. The number of fused-ring (bicyclic) bond motifs is 3. The van der Waals surface area contributed by atoms with Gasteiger partial charge in [0.15, 0.2) is 6.29 Å². The van der Waals surface area contributed by atoms with Crippen LogP contribution in [0.4, 0.5) is 4.79 Å². The number of hydrazine groups is 1. The van der Waals surface area contributed by atoms with Gasteiger partial charge in [-0.3, -0.25) is 19.3 Å². The predicted octanol–water partition coefficient (Wildman–Crippen LogP) is 1.80. The monoisotopic (exact) mass is 504 g/mol. The summed E-state index contributed by atoms with van der Waals surface area (Å²) < 4.78 is 0. The minimum Gasteiger partial charge on any atom is -0.354 e. The first-order valence-corrected chi connectivity index (χ1v) is 12.6. The van der Waals surface area contributed by atoms with Crippen LogP contribution in [0.5, 0.6) is 0 Å². The van der Waals surface area contributed by atoms with Crippen molar-refractivity contribution in [3.63, 3.8) is 0 Å². The van der Waals surface area contributed by atoms with Gasteiger partial charge in [-0.2, -0.15) is 5.43 Å². The first-order chi connectivity index (χ1) is 16.7. The maximum absolute atomic E-state index is 13.4. The zero-order valence-electron chi connectivity index (χ0n) is 20.1. The van der Waals surface area contributed by atoms with E-state index in [9.17, 15) is 19.2 Å². The number of rotatable bonds is 8. The van der Waals surface area contributed by atoms with Crippen LogP contribution in [0.25, 0.3) is 0 Å². The van der Waals surface area contributed by atoms with E-state index >= 15 is 0 Å². The molecule has 0 radical (unpaired) electrons. The molecule has 3 fully saturated rings. The first kappa shape index (κ1) is 25.2. The van der Waals surface area contributed by atoms with Crippen LogP contribution >= 0.6 is 11.6 Å². The fourth-order valence-electron chi connectivity index (χ4n) is 5.07. The van der Waals surface area contributed by atoms with Crippen LogP contribution in [-0.4, -0.2) is 70.0 Å². The van der Waals surface area contributed by atoms with Gasteiger partial charge < -0.3 is 15.5 Å². The van der Waals surface area contributed by atoms with Crippen molar-refractivity contribution in [1.29, 1.82) is 0 Å². The molecule has 2 aliphatic heterocycles. The van der Waals surface area contributed by atoms with Crippen molar-refractivity contribution in [2.75, 3.05) is 13.1 Å². The van der Waals surface area contributed by atoms with Crippen LogP contribution in [-0.2, 0) is 20.9 Å². The standard InChI is InChI=1S/C24H33ClN6O4/c1-15(2)27-20(32)11-12-29-22(34)18-5-3-4-6-19(18)31-23(29)28-30(24(31)35)14-21(33)26-13-16-7-9-17(25)10-8-16/h7-10,15,18-19,23,28H,3-6,11-14H2,1-2H3,(H,26,33)(H,27,32). The second-order valence-corrected chi connectivity index (χ2v) is 10.1. The van der Waals surface area contributed by atoms with Crippen LogP contribution < -0.4 is 16.1 Å². The molecule has 4 rings (SSSR count). The van der Waals surface area contributed by atoms with Gasteiger partial charge in [0.25, 0.3) is 0 Å². The molecule has 35 heavy (non-hydrogen) atoms. The maximum atomic E-state index is 13.4. The largest absolute Gasteiger partial charge is 0.354 e. The van der Waals surface area contributed by atoms with E-state index in [1.807, 2.05) is 26.0 Å². The van der Waals surface area contributed by atoms with Crippen molar-refractivity contribution < 1.29 is 19.2 Å². The summed E-state index contributed by atoms with van der Waals surface area (Å²) in [5.41, 5.74) is 3.95. The molecular formula is C24H33ClN6O4. The summed E-state index contributed by atoms with van der Waals surface area (Å²) in [6.45, 7) is 4.08. The fourth-order valence-corrected chi connectivity index (χ4v) is 5.20. The van der Waals surface area contributed by atoms with E-state index in [-0.39, 0.29) is 61.3 Å². The molecule has 3 unspecified atom stereocenters. The minimum absolute atomic E-state index is 0.00633. The third-order valence-electron chi connectivity index (χ3n) is 6.70. The minimum atomic E-state index is -0.703. The highest BCUT2D eigenvalue weighted by molar-refractivity contribution is 6.30. The quantitative estimate of drug-likeness (QED) is 0.499. The molecule has 0 spiro atoms. The van der Waals surface area contributed by atoms with E-state index in [2.05, 4.69) is 16.1 Å². The third-order valence-corrected chi connectivity index (χ3v) is 6.95.